The number of nitrogens with two attached hydrogens (primary N) is 1. The number of hydrogen-bond donors (Lipinski definition) is 1. The molecule has 1 rings (SSSR count). The molecule has 21 heavy (non-hydrogen) atoms. The zero-order valence-electron chi connectivity index (χ0n) is 14.1. The molecule has 0 bridgehead atoms. The average Bonchev–Trinajstić information content (AvgIpc) is 2.42. The summed E-state index contributed by atoms with van der Waals surface area (Å²) in [6.45, 7) is 9.23. The molecule has 1 unspecified atom stereocenters. The molecule has 0 radical (unpaired) electrons. The predicted molar refractivity (Wildman–Crippen MR) is 90.6 cm³/mol. The molecule has 0 aliphatic heterocycles. The van der Waals surface area contributed by atoms with Crippen LogP contribution >= 0.6 is 0 Å². The quantitative estimate of drug-likeness (QED) is 0.833. The summed E-state index contributed by atoms with van der Waals surface area (Å²) in [6, 6.07) is 6.20. The van der Waals surface area contributed by atoms with Crippen molar-refractivity contribution in [1.29, 1.82) is 0 Å². The third kappa shape index (κ3) is 5.16. The van der Waals surface area contributed by atoms with E-state index >= 15 is 0 Å². The zero-order chi connectivity index (χ0) is 16.0. The SMILES string of the molecule is Cc1ccc(N(C)C(=O)CCC(CCN)C(C)C)c(C)c1. The molecule has 0 aliphatic rings. The molecular formula is C18H30N2O. The second-order valence-electron chi connectivity index (χ2n) is 6.36. The average molecular weight is 290 g/mol. The highest BCUT2D eigenvalue weighted by molar-refractivity contribution is 5.93. The summed E-state index contributed by atoms with van der Waals surface area (Å²) in [5.41, 5.74) is 9.04. The standard InChI is InChI=1S/C18H30N2O/c1-13(2)16(10-11-19)7-9-18(21)20(5)17-8-6-14(3)12-15(17)4/h6,8,12-13,16H,7,9-11,19H2,1-5H3. The van der Waals surface area contributed by atoms with E-state index in [-0.39, 0.29) is 5.91 Å². The van der Waals surface area contributed by atoms with E-state index < -0.39 is 0 Å². The van der Waals surface area contributed by atoms with Gasteiger partial charge in [-0.25, -0.2) is 0 Å². The van der Waals surface area contributed by atoms with Crippen molar-refractivity contribution in [3.8, 4) is 0 Å². The second-order valence-corrected chi connectivity index (χ2v) is 6.36. The van der Waals surface area contributed by atoms with Crippen LogP contribution in [0.4, 0.5) is 5.69 Å². The molecule has 118 valence electrons. The van der Waals surface area contributed by atoms with Crippen molar-refractivity contribution >= 4 is 11.6 Å². The fraction of sp³-hybridized carbons (Fsp3) is 0.611. The maximum Gasteiger partial charge on any atom is 0.226 e. The van der Waals surface area contributed by atoms with Crippen LogP contribution in [0.5, 0.6) is 0 Å². The Morgan fingerprint density at radius 2 is 1.90 bits per heavy atom. The van der Waals surface area contributed by atoms with E-state index in [1.165, 1.54) is 5.56 Å². The highest BCUT2D eigenvalue weighted by atomic mass is 16.2. The van der Waals surface area contributed by atoms with Crippen LogP contribution in [-0.2, 0) is 4.79 Å². The van der Waals surface area contributed by atoms with Crippen LogP contribution in [-0.4, -0.2) is 19.5 Å². The van der Waals surface area contributed by atoms with Gasteiger partial charge in [0.05, 0.1) is 0 Å². The summed E-state index contributed by atoms with van der Waals surface area (Å²) >= 11 is 0. The number of carbonyl (C=O) groups excluding carboxylic acids is 1. The first kappa shape index (κ1) is 17.7. The van der Waals surface area contributed by atoms with Gasteiger partial charge < -0.3 is 10.6 Å². The summed E-state index contributed by atoms with van der Waals surface area (Å²) in [7, 11) is 1.87. The minimum absolute atomic E-state index is 0.185. The normalized spacial score (nSPS) is 12.5. The topological polar surface area (TPSA) is 46.3 Å². The van der Waals surface area contributed by atoms with Gasteiger partial charge in [0.2, 0.25) is 5.91 Å². The summed E-state index contributed by atoms with van der Waals surface area (Å²) in [5.74, 6) is 1.30. The molecule has 1 atom stereocenters. The van der Waals surface area contributed by atoms with Gasteiger partial charge in [0, 0.05) is 19.2 Å². The van der Waals surface area contributed by atoms with Gasteiger partial charge >= 0.3 is 0 Å². The lowest BCUT2D eigenvalue weighted by Gasteiger charge is -2.23. The van der Waals surface area contributed by atoms with Gasteiger partial charge in [0.1, 0.15) is 0 Å². The Bertz CT molecular complexity index is 468. The minimum Gasteiger partial charge on any atom is -0.330 e. The summed E-state index contributed by atoms with van der Waals surface area (Å²) in [4.78, 5) is 14.2. The van der Waals surface area contributed by atoms with Gasteiger partial charge in [0.15, 0.2) is 0 Å². The van der Waals surface area contributed by atoms with E-state index in [4.69, 9.17) is 5.73 Å². The van der Waals surface area contributed by atoms with Gasteiger partial charge in [-0.05, 0) is 56.7 Å². The number of amides is 1. The van der Waals surface area contributed by atoms with Crippen molar-refractivity contribution in [1.82, 2.24) is 0 Å². The molecule has 3 heteroatoms. The first-order valence-electron chi connectivity index (χ1n) is 7.90. The first-order chi connectivity index (χ1) is 9.86. The van der Waals surface area contributed by atoms with Crippen molar-refractivity contribution in [2.45, 2.75) is 47.0 Å². The zero-order valence-corrected chi connectivity index (χ0v) is 14.1. The maximum absolute atomic E-state index is 12.4. The molecule has 0 spiro atoms. The number of anilines is 1. The molecule has 3 nitrogen and oxygen atoms in total. The molecule has 0 aromatic heterocycles. The van der Waals surface area contributed by atoms with Gasteiger partial charge in [-0.2, -0.15) is 0 Å². The van der Waals surface area contributed by atoms with E-state index in [1.54, 1.807) is 4.90 Å². The van der Waals surface area contributed by atoms with Crippen molar-refractivity contribution in [3.63, 3.8) is 0 Å². The highest BCUT2D eigenvalue weighted by Gasteiger charge is 2.17. The van der Waals surface area contributed by atoms with Crippen molar-refractivity contribution in [2.75, 3.05) is 18.5 Å². The molecule has 0 saturated carbocycles. The molecule has 2 N–H and O–H groups in total. The second kappa shape index (κ2) is 8.18. The molecule has 1 amide bonds. The predicted octanol–water partition coefficient (Wildman–Crippen LogP) is 3.67. The Hall–Kier alpha value is -1.35. The van der Waals surface area contributed by atoms with Crippen LogP contribution in [0.15, 0.2) is 18.2 Å². The Kier molecular flexibility index (Phi) is 6.90. The van der Waals surface area contributed by atoms with Crippen molar-refractivity contribution < 1.29 is 4.79 Å². The van der Waals surface area contributed by atoms with E-state index in [9.17, 15) is 4.79 Å². The van der Waals surface area contributed by atoms with Crippen LogP contribution in [0, 0.1) is 25.7 Å². The number of rotatable bonds is 7. The summed E-state index contributed by atoms with van der Waals surface area (Å²) < 4.78 is 0. The fourth-order valence-electron chi connectivity index (χ4n) is 2.82. The molecule has 0 saturated heterocycles. The maximum atomic E-state index is 12.4. The minimum atomic E-state index is 0.185. The molecule has 0 aliphatic carbocycles. The van der Waals surface area contributed by atoms with Crippen molar-refractivity contribution in [3.05, 3.63) is 29.3 Å². The number of aryl methyl sites for hydroxylation is 2. The Morgan fingerprint density at radius 1 is 1.24 bits per heavy atom. The Balaban J connectivity index is 2.66. The molecular weight excluding hydrogens is 260 g/mol. The van der Waals surface area contributed by atoms with Gasteiger partial charge in [0.25, 0.3) is 0 Å². The van der Waals surface area contributed by atoms with Crippen LogP contribution in [0.25, 0.3) is 0 Å². The van der Waals surface area contributed by atoms with Gasteiger partial charge in [-0.1, -0.05) is 31.5 Å². The lowest BCUT2D eigenvalue weighted by molar-refractivity contribution is -0.118. The van der Waals surface area contributed by atoms with Crippen molar-refractivity contribution in [2.24, 2.45) is 17.6 Å². The summed E-state index contributed by atoms with van der Waals surface area (Å²) in [5, 5.41) is 0. The molecule has 1 aromatic rings. The van der Waals surface area contributed by atoms with E-state index in [2.05, 4.69) is 39.8 Å². The molecule has 0 heterocycles. The van der Waals surface area contributed by atoms with Gasteiger partial charge in [-0.3, -0.25) is 4.79 Å². The number of benzene rings is 1. The first-order valence-corrected chi connectivity index (χ1v) is 7.90. The highest BCUT2D eigenvalue weighted by Crippen LogP contribution is 2.24. The van der Waals surface area contributed by atoms with Crippen LogP contribution in [0.3, 0.4) is 0 Å². The lowest BCUT2D eigenvalue weighted by Crippen LogP contribution is -2.28. The fourth-order valence-corrected chi connectivity index (χ4v) is 2.82. The third-order valence-electron chi connectivity index (χ3n) is 4.30. The molecule has 0 fully saturated rings. The molecule has 1 aromatic carbocycles. The van der Waals surface area contributed by atoms with E-state index in [1.807, 2.05) is 13.1 Å². The third-order valence-corrected chi connectivity index (χ3v) is 4.30. The van der Waals surface area contributed by atoms with Crippen LogP contribution in [0.1, 0.15) is 44.2 Å². The lowest BCUT2D eigenvalue weighted by atomic mass is 9.88. The monoisotopic (exact) mass is 290 g/mol. The summed E-state index contributed by atoms with van der Waals surface area (Å²) in [6.07, 6.45) is 2.51. The van der Waals surface area contributed by atoms with E-state index in [0.29, 0.717) is 24.8 Å². The largest absolute Gasteiger partial charge is 0.330 e. The Morgan fingerprint density at radius 3 is 2.43 bits per heavy atom. The van der Waals surface area contributed by atoms with E-state index in [0.717, 1.165) is 24.1 Å². The number of nitrogens with zero attached hydrogens (tertiary/aromatic N) is 1. The van der Waals surface area contributed by atoms with Crippen LogP contribution < -0.4 is 10.6 Å². The Labute approximate surface area is 129 Å². The number of carbonyl (C=O) groups is 1. The van der Waals surface area contributed by atoms with Crippen LogP contribution in [0.2, 0.25) is 0 Å². The number of hydrogen-bond acceptors (Lipinski definition) is 2. The van der Waals surface area contributed by atoms with Gasteiger partial charge in [-0.15, -0.1) is 0 Å². The smallest absolute Gasteiger partial charge is 0.226 e.